The Labute approximate surface area is 151 Å². The minimum absolute atomic E-state index is 0.462. The summed E-state index contributed by atoms with van der Waals surface area (Å²) >= 11 is 1.53. The molecule has 25 heavy (non-hydrogen) atoms. The Morgan fingerprint density at radius 2 is 1.64 bits per heavy atom. The van der Waals surface area contributed by atoms with Gasteiger partial charge in [-0.2, -0.15) is 0 Å². The molecule has 3 aromatic rings. The summed E-state index contributed by atoms with van der Waals surface area (Å²) in [5.74, 6) is 2.54. The number of aromatic nitrogens is 2. The minimum atomic E-state index is 0.462. The second-order valence-corrected chi connectivity index (χ2v) is 6.65. The lowest BCUT2D eigenvalue weighted by molar-refractivity contribution is 0.355. The molecular weight excluding hydrogens is 336 g/mol. The highest BCUT2D eigenvalue weighted by atomic mass is 32.2. The van der Waals surface area contributed by atoms with Crippen molar-refractivity contribution in [2.75, 3.05) is 14.2 Å². The normalized spacial score (nSPS) is 10.7. The van der Waals surface area contributed by atoms with Crippen LogP contribution in [0.2, 0.25) is 0 Å². The van der Waals surface area contributed by atoms with Gasteiger partial charge in [-0.05, 0) is 37.6 Å². The number of methoxy groups -OCH3 is 2. The van der Waals surface area contributed by atoms with E-state index in [-0.39, 0.29) is 0 Å². The number of thioether (sulfide) groups is 1. The van der Waals surface area contributed by atoms with E-state index in [0.29, 0.717) is 22.6 Å². The zero-order chi connectivity index (χ0) is 17.8. The maximum atomic E-state index is 5.77. The minimum Gasteiger partial charge on any atom is -0.493 e. The van der Waals surface area contributed by atoms with Crippen LogP contribution in [0, 0.1) is 13.8 Å². The first-order chi connectivity index (χ1) is 12.1. The fourth-order valence-corrected chi connectivity index (χ4v) is 3.34. The van der Waals surface area contributed by atoms with Crippen molar-refractivity contribution in [2.24, 2.45) is 0 Å². The molecule has 0 radical (unpaired) electrons. The van der Waals surface area contributed by atoms with E-state index in [1.165, 1.54) is 28.5 Å². The summed E-state index contributed by atoms with van der Waals surface area (Å²) in [5.41, 5.74) is 4.55. The fraction of sp³-hybridized carbons (Fsp3) is 0.263. The molecule has 0 atom stereocenters. The van der Waals surface area contributed by atoms with E-state index in [9.17, 15) is 0 Å². The van der Waals surface area contributed by atoms with Crippen molar-refractivity contribution < 1.29 is 13.9 Å². The van der Waals surface area contributed by atoms with E-state index in [0.717, 1.165) is 11.3 Å². The van der Waals surface area contributed by atoms with Crippen molar-refractivity contribution in [3.63, 3.8) is 0 Å². The van der Waals surface area contributed by atoms with Gasteiger partial charge in [-0.3, -0.25) is 0 Å². The third-order valence-corrected chi connectivity index (χ3v) is 4.57. The Balaban J connectivity index is 1.74. The third-order valence-electron chi connectivity index (χ3n) is 3.68. The molecular formula is C19H20N2O3S. The highest BCUT2D eigenvalue weighted by Gasteiger charge is 2.12. The molecule has 0 unspecified atom stereocenters. The molecule has 0 aliphatic heterocycles. The molecule has 3 rings (SSSR count). The van der Waals surface area contributed by atoms with Gasteiger partial charge in [-0.1, -0.05) is 41.1 Å². The standard InChI is InChI=1S/C19H20N2O3S/c1-12-7-13(2)9-14(8-12)11-25-19-21-20-18(24-19)15-5-6-16(22-3)17(10-15)23-4/h5-10H,11H2,1-4H3. The quantitative estimate of drug-likeness (QED) is 0.599. The van der Waals surface area contributed by atoms with Crippen molar-refractivity contribution in [3.05, 3.63) is 53.1 Å². The van der Waals surface area contributed by atoms with Gasteiger partial charge in [0.05, 0.1) is 14.2 Å². The number of benzene rings is 2. The zero-order valence-corrected chi connectivity index (χ0v) is 15.5. The van der Waals surface area contributed by atoms with Crippen LogP contribution in [0.3, 0.4) is 0 Å². The van der Waals surface area contributed by atoms with Crippen LogP contribution in [0.5, 0.6) is 11.5 Å². The third kappa shape index (κ3) is 4.14. The maximum Gasteiger partial charge on any atom is 0.277 e. The molecule has 0 saturated carbocycles. The van der Waals surface area contributed by atoms with Gasteiger partial charge in [-0.25, -0.2) is 0 Å². The van der Waals surface area contributed by atoms with Crippen molar-refractivity contribution >= 4 is 11.8 Å². The highest BCUT2D eigenvalue weighted by Crippen LogP contribution is 2.33. The molecule has 0 spiro atoms. The molecule has 130 valence electrons. The summed E-state index contributed by atoms with van der Waals surface area (Å²) < 4.78 is 16.3. The van der Waals surface area contributed by atoms with Crippen LogP contribution in [0.25, 0.3) is 11.5 Å². The predicted octanol–water partition coefficient (Wildman–Crippen LogP) is 4.66. The van der Waals surface area contributed by atoms with Crippen LogP contribution in [0.1, 0.15) is 16.7 Å². The largest absolute Gasteiger partial charge is 0.493 e. The molecule has 2 aromatic carbocycles. The van der Waals surface area contributed by atoms with Gasteiger partial charge < -0.3 is 13.9 Å². The maximum absolute atomic E-state index is 5.77. The van der Waals surface area contributed by atoms with Crippen molar-refractivity contribution in [2.45, 2.75) is 24.8 Å². The van der Waals surface area contributed by atoms with Gasteiger partial charge in [0.2, 0.25) is 5.89 Å². The van der Waals surface area contributed by atoms with Gasteiger partial charge in [0, 0.05) is 11.3 Å². The van der Waals surface area contributed by atoms with Crippen LogP contribution in [-0.2, 0) is 5.75 Å². The number of aryl methyl sites for hydroxylation is 2. The summed E-state index contributed by atoms with van der Waals surface area (Å²) in [7, 11) is 3.20. The van der Waals surface area contributed by atoms with E-state index in [2.05, 4.69) is 42.2 Å². The predicted molar refractivity (Wildman–Crippen MR) is 98.3 cm³/mol. The molecule has 5 nitrogen and oxygen atoms in total. The average Bonchev–Trinajstić information content (AvgIpc) is 3.07. The van der Waals surface area contributed by atoms with Crippen LogP contribution >= 0.6 is 11.8 Å². The van der Waals surface area contributed by atoms with E-state index in [1.54, 1.807) is 14.2 Å². The Morgan fingerprint density at radius 1 is 0.920 bits per heavy atom. The van der Waals surface area contributed by atoms with Crippen molar-refractivity contribution in [3.8, 4) is 23.0 Å². The summed E-state index contributed by atoms with van der Waals surface area (Å²) in [4.78, 5) is 0. The Hall–Kier alpha value is -2.47. The van der Waals surface area contributed by atoms with Gasteiger partial charge >= 0.3 is 0 Å². The zero-order valence-electron chi connectivity index (χ0n) is 14.7. The summed E-state index contributed by atoms with van der Waals surface area (Å²) in [5, 5.41) is 8.80. The van der Waals surface area contributed by atoms with E-state index in [4.69, 9.17) is 13.9 Å². The van der Waals surface area contributed by atoms with Crippen LogP contribution in [0.4, 0.5) is 0 Å². The van der Waals surface area contributed by atoms with Crippen LogP contribution in [-0.4, -0.2) is 24.4 Å². The second kappa shape index (κ2) is 7.61. The number of ether oxygens (including phenoxy) is 2. The van der Waals surface area contributed by atoms with E-state index in [1.807, 2.05) is 18.2 Å². The molecule has 0 saturated heterocycles. The van der Waals surface area contributed by atoms with E-state index >= 15 is 0 Å². The first-order valence-electron chi connectivity index (χ1n) is 7.85. The molecule has 0 bridgehead atoms. The molecule has 0 N–H and O–H groups in total. The van der Waals surface area contributed by atoms with Crippen LogP contribution in [0.15, 0.2) is 46.0 Å². The summed E-state index contributed by atoms with van der Waals surface area (Å²) in [6.45, 7) is 4.20. The molecule has 0 aliphatic carbocycles. The van der Waals surface area contributed by atoms with Crippen molar-refractivity contribution in [1.29, 1.82) is 0 Å². The molecule has 1 heterocycles. The lowest BCUT2D eigenvalue weighted by Gasteiger charge is -2.07. The van der Waals surface area contributed by atoms with Gasteiger partial charge in [0.15, 0.2) is 11.5 Å². The lowest BCUT2D eigenvalue weighted by atomic mass is 10.1. The molecule has 0 amide bonds. The summed E-state index contributed by atoms with van der Waals surface area (Å²) in [6, 6.07) is 12.0. The van der Waals surface area contributed by atoms with Gasteiger partial charge in [-0.15, -0.1) is 10.2 Å². The summed E-state index contributed by atoms with van der Waals surface area (Å²) in [6.07, 6.45) is 0. The number of rotatable bonds is 6. The monoisotopic (exact) mass is 356 g/mol. The van der Waals surface area contributed by atoms with Gasteiger partial charge in [0.25, 0.3) is 5.22 Å². The first-order valence-corrected chi connectivity index (χ1v) is 8.83. The fourth-order valence-electron chi connectivity index (χ4n) is 2.65. The Kier molecular flexibility index (Phi) is 5.28. The molecule has 0 fully saturated rings. The average molecular weight is 356 g/mol. The first kappa shape index (κ1) is 17.4. The van der Waals surface area contributed by atoms with E-state index < -0.39 is 0 Å². The number of hydrogen-bond acceptors (Lipinski definition) is 6. The highest BCUT2D eigenvalue weighted by molar-refractivity contribution is 7.98. The van der Waals surface area contributed by atoms with Crippen molar-refractivity contribution in [1.82, 2.24) is 10.2 Å². The SMILES string of the molecule is COc1ccc(-c2nnc(SCc3cc(C)cc(C)c3)o2)cc1OC. The number of hydrogen-bond donors (Lipinski definition) is 0. The Morgan fingerprint density at radius 3 is 2.32 bits per heavy atom. The Bertz CT molecular complexity index is 857. The van der Waals surface area contributed by atoms with Gasteiger partial charge in [0.1, 0.15) is 0 Å². The molecule has 6 heteroatoms. The lowest BCUT2D eigenvalue weighted by Crippen LogP contribution is -1.90. The molecule has 1 aromatic heterocycles. The smallest absolute Gasteiger partial charge is 0.277 e. The topological polar surface area (TPSA) is 57.4 Å². The number of nitrogens with zero attached hydrogens (tertiary/aromatic N) is 2. The van der Waals surface area contributed by atoms with Crippen LogP contribution < -0.4 is 9.47 Å². The second-order valence-electron chi connectivity index (χ2n) is 5.73. The molecule has 0 aliphatic rings.